The Kier molecular flexibility index (Phi) is 4.75. The predicted molar refractivity (Wildman–Crippen MR) is 103 cm³/mol. The smallest absolute Gasteiger partial charge is 0.263 e. The lowest BCUT2D eigenvalue weighted by Gasteiger charge is -2.35. The molecule has 0 N–H and O–H groups in total. The summed E-state index contributed by atoms with van der Waals surface area (Å²) in [6.45, 7) is 6.57. The second kappa shape index (κ2) is 7.34. The molecule has 7 nitrogen and oxygen atoms in total. The van der Waals surface area contributed by atoms with Gasteiger partial charge in [0.05, 0.1) is 0 Å². The van der Waals surface area contributed by atoms with Gasteiger partial charge in [-0.25, -0.2) is 4.98 Å². The van der Waals surface area contributed by atoms with E-state index >= 15 is 0 Å². The van der Waals surface area contributed by atoms with E-state index in [1.165, 1.54) is 0 Å². The standard InChI is InChI=1S/C20H23N5O2/c1-3-7-16-21-19(25-12-10-24(11-13-25)14(2)26)17-18(23-27-20(17)22-16)15-8-5-4-6-9-15/h4-6,8-9H,3,7,10-13H2,1-2H3. The molecule has 1 saturated heterocycles. The van der Waals surface area contributed by atoms with Crippen LogP contribution in [0.3, 0.4) is 0 Å². The van der Waals surface area contributed by atoms with Gasteiger partial charge in [0.2, 0.25) is 5.91 Å². The van der Waals surface area contributed by atoms with Crippen LogP contribution in [0.2, 0.25) is 0 Å². The van der Waals surface area contributed by atoms with Crippen LogP contribution >= 0.6 is 0 Å². The van der Waals surface area contributed by atoms with Crippen molar-refractivity contribution in [2.75, 3.05) is 31.1 Å². The number of benzene rings is 1. The molecule has 3 aromatic rings. The van der Waals surface area contributed by atoms with Gasteiger partial charge >= 0.3 is 0 Å². The molecule has 0 spiro atoms. The van der Waals surface area contributed by atoms with E-state index in [0.717, 1.165) is 54.2 Å². The summed E-state index contributed by atoms with van der Waals surface area (Å²) in [4.78, 5) is 25.2. The summed E-state index contributed by atoms with van der Waals surface area (Å²) >= 11 is 0. The molecule has 1 aliphatic heterocycles. The number of carbonyl (C=O) groups excluding carboxylic acids is 1. The van der Waals surface area contributed by atoms with E-state index in [-0.39, 0.29) is 5.91 Å². The summed E-state index contributed by atoms with van der Waals surface area (Å²) in [6.07, 6.45) is 1.75. The lowest BCUT2D eigenvalue weighted by molar-refractivity contribution is -0.129. The first kappa shape index (κ1) is 17.5. The van der Waals surface area contributed by atoms with Crippen LogP contribution in [0.25, 0.3) is 22.4 Å². The maximum atomic E-state index is 11.6. The van der Waals surface area contributed by atoms with Gasteiger partial charge in [0.15, 0.2) is 0 Å². The molecule has 0 aliphatic carbocycles. The monoisotopic (exact) mass is 365 g/mol. The number of anilines is 1. The highest BCUT2D eigenvalue weighted by Crippen LogP contribution is 2.34. The second-order valence-corrected chi connectivity index (χ2v) is 6.78. The minimum absolute atomic E-state index is 0.115. The Labute approximate surface area is 158 Å². The topological polar surface area (TPSA) is 75.4 Å². The molecule has 4 rings (SSSR count). The lowest BCUT2D eigenvalue weighted by Crippen LogP contribution is -2.48. The first-order chi connectivity index (χ1) is 13.2. The number of rotatable bonds is 4. The second-order valence-electron chi connectivity index (χ2n) is 6.78. The van der Waals surface area contributed by atoms with Gasteiger partial charge in [-0.15, -0.1) is 0 Å². The Balaban J connectivity index is 1.79. The Morgan fingerprint density at radius 3 is 2.52 bits per heavy atom. The molecule has 7 heteroatoms. The van der Waals surface area contributed by atoms with Crippen LogP contribution in [0.15, 0.2) is 34.9 Å². The van der Waals surface area contributed by atoms with E-state index in [1.807, 2.05) is 35.2 Å². The fourth-order valence-electron chi connectivity index (χ4n) is 3.47. The molecule has 1 aromatic carbocycles. The number of aromatic nitrogens is 3. The van der Waals surface area contributed by atoms with Crippen LogP contribution in [0.1, 0.15) is 26.1 Å². The number of piperazine rings is 1. The molecule has 0 unspecified atom stereocenters. The summed E-state index contributed by atoms with van der Waals surface area (Å²) in [5.41, 5.74) is 2.26. The SMILES string of the molecule is CCCc1nc(N2CCN(C(C)=O)CC2)c2c(-c3ccccc3)noc2n1. The highest BCUT2D eigenvalue weighted by Gasteiger charge is 2.26. The van der Waals surface area contributed by atoms with Gasteiger partial charge in [-0.05, 0) is 6.42 Å². The number of aryl methyl sites for hydroxylation is 1. The number of amides is 1. The average molecular weight is 365 g/mol. The molecule has 140 valence electrons. The van der Waals surface area contributed by atoms with Gasteiger partial charge in [-0.2, -0.15) is 4.98 Å². The predicted octanol–water partition coefficient (Wildman–Crippen LogP) is 2.91. The third-order valence-electron chi connectivity index (χ3n) is 4.91. The summed E-state index contributed by atoms with van der Waals surface area (Å²) in [5.74, 6) is 1.74. The Morgan fingerprint density at radius 2 is 1.85 bits per heavy atom. The molecule has 27 heavy (non-hydrogen) atoms. The molecular formula is C20H23N5O2. The number of fused-ring (bicyclic) bond motifs is 1. The largest absolute Gasteiger partial charge is 0.352 e. The summed E-state index contributed by atoms with van der Waals surface area (Å²) < 4.78 is 5.59. The number of hydrogen-bond acceptors (Lipinski definition) is 6. The molecule has 0 saturated carbocycles. The van der Waals surface area contributed by atoms with Gasteiger partial charge in [0.1, 0.15) is 22.7 Å². The third-order valence-corrected chi connectivity index (χ3v) is 4.91. The number of hydrogen-bond donors (Lipinski definition) is 0. The fourth-order valence-corrected chi connectivity index (χ4v) is 3.47. The van der Waals surface area contributed by atoms with Crippen molar-refractivity contribution >= 4 is 22.8 Å². The van der Waals surface area contributed by atoms with Gasteiger partial charge in [-0.1, -0.05) is 42.4 Å². The van der Waals surface area contributed by atoms with E-state index in [4.69, 9.17) is 9.51 Å². The van der Waals surface area contributed by atoms with Crippen molar-refractivity contribution in [3.8, 4) is 11.3 Å². The molecule has 1 fully saturated rings. The van der Waals surface area contributed by atoms with Crippen LogP contribution in [0, 0.1) is 0 Å². The molecule has 2 aromatic heterocycles. The van der Waals surface area contributed by atoms with E-state index in [0.29, 0.717) is 18.8 Å². The van der Waals surface area contributed by atoms with Crippen molar-refractivity contribution in [1.82, 2.24) is 20.0 Å². The van der Waals surface area contributed by atoms with Gasteiger partial charge in [-0.3, -0.25) is 4.79 Å². The van der Waals surface area contributed by atoms with Crippen molar-refractivity contribution in [2.24, 2.45) is 0 Å². The van der Waals surface area contributed by atoms with E-state index in [9.17, 15) is 4.79 Å². The van der Waals surface area contributed by atoms with Crippen LogP contribution in [0.5, 0.6) is 0 Å². The maximum absolute atomic E-state index is 11.6. The number of nitrogens with zero attached hydrogens (tertiary/aromatic N) is 5. The van der Waals surface area contributed by atoms with Gasteiger partial charge < -0.3 is 14.3 Å². The summed E-state index contributed by atoms with van der Waals surface area (Å²) in [7, 11) is 0. The van der Waals surface area contributed by atoms with Crippen molar-refractivity contribution in [3.05, 3.63) is 36.2 Å². The van der Waals surface area contributed by atoms with Crippen LogP contribution in [-0.2, 0) is 11.2 Å². The Bertz CT molecular complexity index is 946. The van der Waals surface area contributed by atoms with Gasteiger partial charge in [0, 0.05) is 45.1 Å². The molecule has 0 radical (unpaired) electrons. The Morgan fingerprint density at radius 1 is 1.11 bits per heavy atom. The summed E-state index contributed by atoms with van der Waals surface area (Å²) in [6, 6.07) is 9.95. The normalized spacial score (nSPS) is 14.7. The molecule has 1 aliphatic rings. The minimum Gasteiger partial charge on any atom is -0.352 e. The zero-order chi connectivity index (χ0) is 18.8. The first-order valence-electron chi connectivity index (χ1n) is 9.39. The maximum Gasteiger partial charge on any atom is 0.263 e. The van der Waals surface area contributed by atoms with Crippen LogP contribution in [0.4, 0.5) is 5.82 Å². The Hall–Kier alpha value is -2.96. The van der Waals surface area contributed by atoms with Crippen molar-refractivity contribution in [3.63, 3.8) is 0 Å². The van der Waals surface area contributed by atoms with Crippen LogP contribution < -0.4 is 4.90 Å². The van der Waals surface area contributed by atoms with E-state index < -0.39 is 0 Å². The number of carbonyl (C=O) groups is 1. The molecule has 3 heterocycles. The molecule has 1 amide bonds. The van der Waals surface area contributed by atoms with E-state index in [2.05, 4.69) is 22.0 Å². The minimum atomic E-state index is 0.115. The summed E-state index contributed by atoms with van der Waals surface area (Å²) in [5, 5.41) is 5.14. The molecule has 0 atom stereocenters. The lowest BCUT2D eigenvalue weighted by atomic mass is 10.1. The van der Waals surface area contributed by atoms with Crippen LogP contribution in [-0.4, -0.2) is 52.1 Å². The zero-order valence-corrected chi connectivity index (χ0v) is 15.7. The van der Waals surface area contributed by atoms with E-state index in [1.54, 1.807) is 6.92 Å². The molecule has 0 bridgehead atoms. The fraction of sp³-hybridized carbons (Fsp3) is 0.400. The average Bonchev–Trinajstić information content (AvgIpc) is 3.12. The zero-order valence-electron chi connectivity index (χ0n) is 15.7. The van der Waals surface area contributed by atoms with Crippen molar-refractivity contribution in [2.45, 2.75) is 26.7 Å². The quantitative estimate of drug-likeness (QED) is 0.708. The highest BCUT2D eigenvalue weighted by molar-refractivity contribution is 5.98. The van der Waals surface area contributed by atoms with Crippen molar-refractivity contribution < 1.29 is 9.32 Å². The molecular weight excluding hydrogens is 342 g/mol. The highest BCUT2D eigenvalue weighted by atomic mass is 16.5. The van der Waals surface area contributed by atoms with Crippen molar-refractivity contribution in [1.29, 1.82) is 0 Å². The van der Waals surface area contributed by atoms with Gasteiger partial charge in [0.25, 0.3) is 5.71 Å². The first-order valence-corrected chi connectivity index (χ1v) is 9.39. The third kappa shape index (κ3) is 3.37.